The van der Waals surface area contributed by atoms with E-state index in [-0.39, 0.29) is 11.8 Å². The molecule has 0 saturated carbocycles. The summed E-state index contributed by atoms with van der Waals surface area (Å²) in [5.41, 5.74) is 0. The van der Waals surface area contributed by atoms with E-state index in [1.54, 1.807) is 13.8 Å². The molecule has 1 amide bonds. The van der Waals surface area contributed by atoms with Crippen LogP contribution < -0.4 is 5.32 Å². The molecule has 0 aromatic heterocycles. The first kappa shape index (κ1) is 14.4. The summed E-state index contributed by atoms with van der Waals surface area (Å²) in [5.74, 6) is -0.737. The van der Waals surface area contributed by atoms with Crippen LogP contribution in [0.1, 0.15) is 33.6 Å². The standard InChI is InChI=1S/C9H19NO4S/c1-4-7(3)9(11)10-8(5-2)6-15(12,13)14/h7-8H,4-6H2,1-3H3,(H,10,11)(H,12,13,14)/t7?,8-/m0/s1. The van der Waals surface area contributed by atoms with Crippen LogP contribution in [0, 0.1) is 5.92 Å². The Hall–Kier alpha value is -0.620. The van der Waals surface area contributed by atoms with Gasteiger partial charge in [-0.15, -0.1) is 0 Å². The highest BCUT2D eigenvalue weighted by Crippen LogP contribution is 2.03. The number of nitrogens with one attached hydrogen (secondary N) is 1. The molecular weight excluding hydrogens is 218 g/mol. The van der Waals surface area contributed by atoms with Crippen molar-refractivity contribution in [3.05, 3.63) is 0 Å². The molecule has 0 fully saturated rings. The van der Waals surface area contributed by atoms with Gasteiger partial charge in [0.25, 0.3) is 10.1 Å². The van der Waals surface area contributed by atoms with Crippen molar-refractivity contribution in [2.75, 3.05) is 5.75 Å². The molecule has 1 unspecified atom stereocenters. The van der Waals surface area contributed by atoms with Gasteiger partial charge in [-0.05, 0) is 12.8 Å². The maximum atomic E-state index is 11.4. The Labute approximate surface area is 91.0 Å². The van der Waals surface area contributed by atoms with Gasteiger partial charge in [-0.25, -0.2) is 0 Å². The van der Waals surface area contributed by atoms with Crippen LogP contribution in [0.4, 0.5) is 0 Å². The van der Waals surface area contributed by atoms with E-state index < -0.39 is 21.9 Å². The lowest BCUT2D eigenvalue weighted by atomic mass is 10.1. The average molecular weight is 237 g/mol. The van der Waals surface area contributed by atoms with Gasteiger partial charge in [0.15, 0.2) is 0 Å². The smallest absolute Gasteiger partial charge is 0.266 e. The average Bonchev–Trinajstić information content (AvgIpc) is 2.13. The van der Waals surface area contributed by atoms with E-state index in [0.29, 0.717) is 12.8 Å². The van der Waals surface area contributed by atoms with E-state index in [1.807, 2.05) is 6.92 Å². The van der Waals surface area contributed by atoms with Crippen molar-refractivity contribution in [2.45, 2.75) is 39.7 Å². The number of rotatable bonds is 6. The lowest BCUT2D eigenvalue weighted by Gasteiger charge is -2.17. The van der Waals surface area contributed by atoms with Crippen LogP contribution in [-0.4, -0.2) is 30.7 Å². The zero-order valence-electron chi connectivity index (χ0n) is 9.36. The van der Waals surface area contributed by atoms with Crippen molar-refractivity contribution in [3.63, 3.8) is 0 Å². The van der Waals surface area contributed by atoms with Crippen LogP contribution in [0.2, 0.25) is 0 Å². The molecule has 15 heavy (non-hydrogen) atoms. The predicted molar refractivity (Wildman–Crippen MR) is 58.1 cm³/mol. The first-order chi connectivity index (χ1) is 6.80. The fourth-order valence-corrected chi connectivity index (χ4v) is 1.87. The molecule has 2 N–H and O–H groups in total. The molecule has 0 bridgehead atoms. The molecule has 0 aliphatic rings. The van der Waals surface area contributed by atoms with Gasteiger partial charge < -0.3 is 5.32 Å². The Morgan fingerprint density at radius 2 is 1.87 bits per heavy atom. The van der Waals surface area contributed by atoms with Crippen LogP contribution in [0.15, 0.2) is 0 Å². The molecule has 5 nitrogen and oxygen atoms in total. The molecule has 0 aliphatic heterocycles. The highest BCUT2D eigenvalue weighted by molar-refractivity contribution is 7.85. The van der Waals surface area contributed by atoms with E-state index in [4.69, 9.17) is 4.55 Å². The molecule has 6 heteroatoms. The van der Waals surface area contributed by atoms with Crippen LogP contribution in [-0.2, 0) is 14.9 Å². The normalized spacial score (nSPS) is 15.7. The van der Waals surface area contributed by atoms with E-state index in [0.717, 1.165) is 0 Å². The maximum absolute atomic E-state index is 11.4. The summed E-state index contributed by atoms with van der Waals surface area (Å²) in [4.78, 5) is 11.4. The second-order valence-corrected chi connectivity index (χ2v) is 5.17. The van der Waals surface area contributed by atoms with Crippen molar-refractivity contribution in [2.24, 2.45) is 5.92 Å². The topological polar surface area (TPSA) is 83.5 Å². The molecule has 0 spiro atoms. The van der Waals surface area contributed by atoms with E-state index in [1.165, 1.54) is 0 Å². The summed E-state index contributed by atoms with van der Waals surface area (Å²) in [6.07, 6.45) is 1.18. The summed E-state index contributed by atoms with van der Waals surface area (Å²) >= 11 is 0. The first-order valence-corrected chi connectivity index (χ1v) is 6.66. The van der Waals surface area contributed by atoms with Crippen molar-refractivity contribution in [1.29, 1.82) is 0 Å². The van der Waals surface area contributed by atoms with E-state index in [2.05, 4.69) is 5.32 Å². The molecule has 90 valence electrons. The fraction of sp³-hybridized carbons (Fsp3) is 0.889. The molecule has 0 rings (SSSR count). The number of carbonyl (C=O) groups is 1. The fourth-order valence-electron chi connectivity index (χ4n) is 1.04. The molecule has 0 radical (unpaired) electrons. The van der Waals surface area contributed by atoms with E-state index >= 15 is 0 Å². The quantitative estimate of drug-likeness (QED) is 0.670. The zero-order valence-corrected chi connectivity index (χ0v) is 10.2. The second kappa shape index (κ2) is 6.07. The molecule has 0 aromatic rings. The Kier molecular flexibility index (Phi) is 5.82. The minimum absolute atomic E-state index is 0.138. The van der Waals surface area contributed by atoms with Crippen molar-refractivity contribution in [1.82, 2.24) is 5.32 Å². The Morgan fingerprint density at radius 3 is 2.20 bits per heavy atom. The number of hydrogen-bond donors (Lipinski definition) is 2. The molecule has 0 heterocycles. The molecular formula is C9H19NO4S. The van der Waals surface area contributed by atoms with Gasteiger partial charge in [-0.1, -0.05) is 20.8 Å². The Balaban J connectivity index is 4.28. The summed E-state index contributed by atoms with van der Waals surface area (Å²) in [7, 11) is -4.03. The largest absolute Gasteiger partial charge is 0.352 e. The van der Waals surface area contributed by atoms with Crippen LogP contribution in [0.3, 0.4) is 0 Å². The second-order valence-electron chi connectivity index (χ2n) is 3.67. The van der Waals surface area contributed by atoms with Gasteiger partial charge in [-0.2, -0.15) is 8.42 Å². The summed E-state index contributed by atoms with van der Waals surface area (Å²) in [6.45, 7) is 5.41. The zero-order chi connectivity index (χ0) is 12.1. The van der Waals surface area contributed by atoms with Crippen LogP contribution >= 0.6 is 0 Å². The molecule has 0 saturated heterocycles. The van der Waals surface area contributed by atoms with Crippen molar-refractivity contribution in [3.8, 4) is 0 Å². The lowest BCUT2D eigenvalue weighted by Crippen LogP contribution is -2.41. The minimum atomic E-state index is -4.03. The third-order valence-corrected chi connectivity index (χ3v) is 3.13. The van der Waals surface area contributed by atoms with Crippen LogP contribution in [0.5, 0.6) is 0 Å². The Bertz CT molecular complexity index is 299. The lowest BCUT2D eigenvalue weighted by molar-refractivity contribution is -0.125. The third-order valence-electron chi connectivity index (χ3n) is 2.31. The summed E-state index contributed by atoms with van der Waals surface area (Å²) in [5, 5.41) is 2.60. The van der Waals surface area contributed by atoms with Gasteiger partial charge in [0.2, 0.25) is 5.91 Å². The third kappa shape index (κ3) is 6.46. The Morgan fingerprint density at radius 1 is 1.33 bits per heavy atom. The van der Waals surface area contributed by atoms with Gasteiger partial charge >= 0.3 is 0 Å². The van der Waals surface area contributed by atoms with Gasteiger partial charge in [0.05, 0.1) is 5.75 Å². The maximum Gasteiger partial charge on any atom is 0.266 e. The van der Waals surface area contributed by atoms with Gasteiger partial charge in [0.1, 0.15) is 0 Å². The molecule has 0 aliphatic carbocycles. The van der Waals surface area contributed by atoms with Gasteiger partial charge in [-0.3, -0.25) is 9.35 Å². The summed E-state index contributed by atoms with van der Waals surface area (Å²) < 4.78 is 29.9. The molecule has 0 aromatic carbocycles. The van der Waals surface area contributed by atoms with Crippen LogP contribution in [0.25, 0.3) is 0 Å². The minimum Gasteiger partial charge on any atom is -0.352 e. The highest BCUT2D eigenvalue weighted by atomic mass is 32.2. The van der Waals surface area contributed by atoms with E-state index in [9.17, 15) is 13.2 Å². The number of carbonyl (C=O) groups excluding carboxylic acids is 1. The number of amides is 1. The van der Waals surface area contributed by atoms with Crippen molar-refractivity contribution < 1.29 is 17.8 Å². The van der Waals surface area contributed by atoms with Gasteiger partial charge in [0, 0.05) is 12.0 Å². The highest BCUT2D eigenvalue weighted by Gasteiger charge is 2.19. The monoisotopic (exact) mass is 237 g/mol. The number of hydrogen-bond acceptors (Lipinski definition) is 3. The first-order valence-electron chi connectivity index (χ1n) is 5.05. The predicted octanol–water partition coefficient (Wildman–Crippen LogP) is 0.815. The van der Waals surface area contributed by atoms with Crippen molar-refractivity contribution >= 4 is 16.0 Å². The molecule has 2 atom stereocenters. The SMILES string of the molecule is CCC(C)C(=O)N[C@@H](CC)CS(=O)(=O)O. The summed E-state index contributed by atoms with van der Waals surface area (Å²) in [6, 6.07) is -0.513.